The number of hydrogen-bond acceptors (Lipinski definition) is 4. The van der Waals surface area contributed by atoms with Crippen molar-refractivity contribution in [1.82, 2.24) is 10.0 Å². The van der Waals surface area contributed by atoms with E-state index in [1.165, 1.54) is 0 Å². The molecular weight excluding hydrogens is 445 g/mol. The Bertz CT molecular complexity index is 1220. The fourth-order valence-electron chi connectivity index (χ4n) is 3.07. The van der Waals surface area contributed by atoms with Crippen LogP contribution in [0.4, 0.5) is 10.1 Å². The molecule has 172 valence electrons. The van der Waals surface area contributed by atoms with E-state index < -0.39 is 15.8 Å². The summed E-state index contributed by atoms with van der Waals surface area (Å²) in [6.07, 6.45) is -0.0742. The van der Waals surface area contributed by atoms with E-state index in [2.05, 4.69) is 15.4 Å². The van der Waals surface area contributed by atoms with Crippen molar-refractivity contribution in [3.05, 3.63) is 95.8 Å². The number of carbonyl (C=O) groups is 2. The van der Waals surface area contributed by atoms with Gasteiger partial charge in [0.1, 0.15) is 5.82 Å². The smallest absolute Gasteiger partial charge is 0.255 e. The average molecular weight is 470 g/mol. The molecule has 1 unspecified atom stereocenters. The minimum atomic E-state index is -3.83. The zero-order valence-electron chi connectivity index (χ0n) is 17.9. The lowest BCUT2D eigenvalue weighted by atomic mass is 10.1. The first kappa shape index (κ1) is 24.1. The molecule has 0 heterocycles. The third-order valence-electron chi connectivity index (χ3n) is 4.83. The van der Waals surface area contributed by atoms with E-state index in [0.29, 0.717) is 11.3 Å². The van der Waals surface area contributed by atoms with Crippen molar-refractivity contribution in [2.75, 3.05) is 11.9 Å². The molecule has 3 rings (SSSR count). The van der Waals surface area contributed by atoms with Gasteiger partial charge in [0.2, 0.25) is 15.9 Å². The number of carbonyl (C=O) groups excluding carboxylic acids is 2. The van der Waals surface area contributed by atoms with Gasteiger partial charge in [0.05, 0.1) is 10.9 Å². The van der Waals surface area contributed by atoms with Gasteiger partial charge in [-0.3, -0.25) is 9.59 Å². The van der Waals surface area contributed by atoms with Gasteiger partial charge >= 0.3 is 0 Å². The molecule has 3 aromatic rings. The molecule has 0 aliphatic rings. The molecule has 0 spiro atoms. The van der Waals surface area contributed by atoms with Crippen LogP contribution in [0.5, 0.6) is 0 Å². The lowest BCUT2D eigenvalue weighted by molar-refractivity contribution is -0.121. The van der Waals surface area contributed by atoms with Crippen LogP contribution in [-0.2, 0) is 14.8 Å². The molecule has 0 aromatic heterocycles. The third kappa shape index (κ3) is 6.96. The van der Waals surface area contributed by atoms with Gasteiger partial charge in [-0.15, -0.1) is 0 Å². The van der Waals surface area contributed by atoms with Crippen LogP contribution >= 0.6 is 0 Å². The Morgan fingerprint density at radius 2 is 1.64 bits per heavy atom. The Labute approximate surface area is 192 Å². The van der Waals surface area contributed by atoms with E-state index in [1.54, 1.807) is 49.4 Å². The van der Waals surface area contributed by atoms with Gasteiger partial charge in [-0.25, -0.2) is 17.5 Å². The molecule has 3 aromatic carbocycles. The van der Waals surface area contributed by atoms with E-state index in [-0.39, 0.29) is 35.7 Å². The lowest BCUT2D eigenvalue weighted by Gasteiger charge is -2.16. The highest BCUT2D eigenvalue weighted by molar-refractivity contribution is 7.89. The van der Waals surface area contributed by atoms with Gasteiger partial charge < -0.3 is 10.6 Å². The van der Waals surface area contributed by atoms with Crippen molar-refractivity contribution in [2.24, 2.45) is 0 Å². The molecule has 0 fully saturated rings. The topological polar surface area (TPSA) is 104 Å². The highest BCUT2D eigenvalue weighted by Crippen LogP contribution is 2.18. The second-order valence-electron chi connectivity index (χ2n) is 7.34. The number of halogens is 1. The summed E-state index contributed by atoms with van der Waals surface area (Å²) in [4.78, 5) is 24.5. The number of benzene rings is 3. The fourth-order valence-corrected chi connectivity index (χ4v) is 4.10. The zero-order chi connectivity index (χ0) is 23.8. The van der Waals surface area contributed by atoms with Crippen molar-refractivity contribution < 1.29 is 22.4 Å². The molecule has 0 saturated heterocycles. The molecule has 0 aliphatic carbocycles. The van der Waals surface area contributed by atoms with Crippen molar-refractivity contribution in [3.63, 3.8) is 0 Å². The van der Waals surface area contributed by atoms with Crippen LogP contribution in [0.1, 0.15) is 35.3 Å². The first-order valence-corrected chi connectivity index (χ1v) is 11.7. The Morgan fingerprint density at radius 1 is 0.939 bits per heavy atom. The van der Waals surface area contributed by atoms with E-state index in [9.17, 15) is 22.4 Å². The second-order valence-corrected chi connectivity index (χ2v) is 9.10. The van der Waals surface area contributed by atoms with Crippen molar-refractivity contribution in [3.8, 4) is 0 Å². The molecule has 0 aliphatic heterocycles. The summed E-state index contributed by atoms with van der Waals surface area (Å²) in [5.74, 6) is -1.12. The largest absolute Gasteiger partial charge is 0.350 e. The maximum atomic E-state index is 13.0. The quantitative estimate of drug-likeness (QED) is 0.445. The van der Waals surface area contributed by atoms with Crippen LogP contribution in [0, 0.1) is 5.82 Å². The van der Waals surface area contributed by atoms with Gasteiger partial charge in [0.25, 0.3) is 5.91 Å². The number of amides is 2. The number of sulfonamides is 1. The molecule has 33 heavy (non-hydrogen) atoms. The summed E-state index contributed by atoms with van der Waals surface area (Å²) in [5, 5.41) is 5.63. The highest BCUT2D eigenvalue weighted by atomic mass is 32.2. The van der Waals surface area contributed by atoms with Crippen molar-refractivity contribution in [1.29, 1.82) is 0 Å². The summed E-state index contributed by atoms with van der Waals surface area (Å²) in [6.45, 7) is 1.68. The fraction of sp³-hybridized carbons (Fsp3) is 0.167. The summed E-state index contributed by atoms with van der Waals surface area (Å²) in [7, 11) is -3.83. The van der Waals surface area contributed by atoms with Crippen LogP contribution in [0.15, 0.2) is 83.8 Å². The normalized spacial score (nSPS) is 12.1. The second kappa shape index (κ2) is 10.8. The Balaban J connectivity index is 1.51. The monoisotopic (exact) mass is 469 g/mol. The molecule has 0 radical (unpaired) electrons. The lowest BCUT2D eigenvalue weighted by Crippen LogP contribution is -2.32. The maximum absolute atomic E-state index is 13.0. The Morgan fingerprint density at radius 3 is 2.33 bits per heavy atom. The molecule has 0 bridgehead atoms. The molecule has 1 atom stereocenters. The van der Waals surface area contributed by atoms with Gasteiger partial charge in [-0.05, 0) is 61.0 Å². The van der Waals surface area contributed by atoms with E-state index in [0.717, 1.165) is 29.8 Å². The predicted molar refractivity (Wildman–Crippen MR) is 124 cm³/mol. The number of anilines is 1. The number of nitrogens with one attached hydrogen (secondary N) is 3. The third-order valence-corrected chi connectivity index (χ3v) is 6.30. The molecule has 9 heteroatoms. The molecule has 7 nitrogen and oxygen atoms in total. The average Bonchev–Trinajstić information content (AvgIpc) is 2.80. The van der Waals surface area contributed by atoms with Gasteiger partial charge in [-0.2, -0.15) is 0 Å². The van der Waals surface area contributed by atoms with Crippen LogP contribution in [0.25, 0.3) is 0 Å². The highest BCUT2D eigenvalue weighted by Gasteiger charge is 2.15. The predicted octanol–water partition coefficient (Wildman–Crippen LogP) is 3.62. The molecular formula is C24H24FN3O4S. The first-order chi connectivity index (χ1) is 15.7. The molecule has 0 saturated carbocycles. The zero-order valence-corrected chi connectivity index (χ0v) is 18.7. The van der Waals surface area contributed by atoms with E-state index in [4.69, 9.17) is 0 Å². The van der Waals surface area contributed by atoms with Crippen LogP contribution in [0.3, 0.4) is 0 Å². The maximum Gasteiger partial charge on any atom is 0.255 e. The van der Waals surface area contributed by atoms with E-state index >= 15 is 0 Å². The summed E-state index contributed by atoms with van der Waals surface area (Å²) in [6, 6.07) is 20.0. The van der Waals surface area contributed by atoms with Crippen LogP contribution in [-0.4, -0.2) is 26.8 Å². The van der Waals surface area contributed by atoms with Gasteiger partial charge in [-0.1, -0.05) is 30.3 Å². The Hall–Kier alpha value is -3.56. The molecule has 2 amide bonds. The van der Waals surface area contributed by atoms with Crippen molar-refractivity contribution in [2.45, 2.75) is 24.3 Å². The first-order valence-electron chi connectivity index (χ1n) is 10.3. The van der Waals surface area contributed by atoms with Crippen LogP contribution < -0.4 is 15.4 Å². The summed E-state index contributed by atoms with van der Waals surface area (Å²) < 4.78 is 39.7. The minimum absolute atomic E-state index is 0.0742. The van der Waals surface area contributed by atoms with Gasteiger partial charge in [0, 0.05) is 24.2 Å². The minimum Gasteiger partial charge on any atom is -0.350 e. The Kier molecular flexibility index (Phi) is 7.92. The molecule has 3 N–H and O–H groups in total. The van der Waals surface area contributed by atoms with Crippen LogP contribution in [0.2, 0.25) is 0 Å². The standard InChI is InChI=1S/C24H24FN3O4S/c1-17(19-8-5-9-21(16-19)28-24(30)18-6-3-2-4-7-18)27-23(29)14-15-26-33(31,32)22-12-10-20(25)11-13-22/h2-13,16-17,26H,14-15H2,1H3,(H,27,29)(H,28,30). The van der Waals surface area contributed by atoms with E-state index in [1.807, 2.05) is 12.1 Å². The summed E-state index contributed by atoms with van der Waals surface area (Å²) >= 11 is 0. The van der Waals surface area contributed by atoms with Crippen molar-refractivity contribution >= 4 is 27.5 Å². The number of hydrogen-bond donors (Lipinski definition) is 3. The SMILES string of the molecule is CC(NC(=O)CCNS(=O)(=O)c1ccc(F)cc1)c1cccc(NC(=O)c2ccccc2)c1. The summed E-state index contributed by atoms with van der Waals surface area (Å²) in [5.41, 5.74) is 1.91. The number of rotatable bonds is 9. The van der Waals surface area contributed by atoms with Gasteiger partial charge in [0.15, 0.2) is 0 Å².